The van der Waals surface area contributed by atoms with Crippen molar-refractivity contribution >= 4 is 28.4 Å². The molecule has 2 aliphatic heterocycles. The number of rotatable bonds is 7. The van der Waals surface area contributed by atoms with E-state index in [1.54, 1.807) is 18.2 Å². The van der Waals surface area contributed by atoms with Crippen LogP contribution in [0.5, 0.6) is 5.75 Å². The van der Waals surface area contributed by atoms with E-state index in [1.807, 2.05) is 29.2 Å². The zero-order valence-corrected chi connectivity index (χ0v) is 22.2. The maximum absolute atomic E-state index is 14.1. The molecule has 2 saturated heterocycles. The Kier molecular flexibility index (Phi) is 7.27. The second kappa shape index (κ2) is 11.2. The van der Waals surface area contributed by atoms with Crippen LogP contribution in [-0.2, 0) is 22.7 Å². The van der Waals surface area contributed by atoms with Gasteiger partial charge in [0.2, 0.25) is 5.91 Å². The molecule has 3 heterocycles. The Labute approximate surface area is 234 Å². The van der Waals surface area contributed by atoms with Crippen LogP contribution in [-0.4, -0.2) is 52.7 Å². The van der Waals surface area contributed by atoms with Crippen LogP contribution >= 0.6 is 0 Å². The van der Waals surface area contributed by atoms with E-state index in [1.165, 1.54) is 16.8 Å². The van der Waals surface area contributed by atoms with Gasteiger partial charge in [0.15, 0.2) is 0 Å². The number of amides is 2. The Balaban J connectivity index is 1.06. The first-order chi connectivity index (χ1) is 19.9. The van der Waals surface area contributed by atoms with E-state index >= 15 is 0 Å². The molecule has 9 nitrogen and oxygen atoms in total. The van der Waals surface area contributed by atoms with Crippen LogP contribution in [0, 0.1) is 11.6 Å². The number of nitrogens with one attached hydrogen (secondary N) is 2. The first-order valence-corrected chi connectivity index (χ1v) is 13.6. The highest BCUT2D eigenvalue weighted by Gasteiger charge is 2.30. The lowest BCUT2D eigenvalue weighted by Crippen LogP contribution is -2.46. The molecule has 0 spiro atoms. The van der Waals surface area contributed by atoms with Crippen molar-refractivity contribution in [3.8, 4) is 5.75 Å². The number of aromatic amines is 1. The Hall–Kier alpha value is -4.51. The summed E-state index contributed by atoms with van der Waals surface area (Å²) in [7, 11) is 0. The number of hydrogen-bond acceptors (Lipinski definition) is 6. The van der Waals surface area contributed by atoms with Gasteiger partial charge in [0, 0.05) is 45.2 Å². The number of imide groups is 1. The summed E-state index contributed by atoms with van der Waals surface area (Å²) in [6, 6.07) is 16.2. The van der Waals surface area contributed by atoms with Crippen molar-refractivity contribution in [2.75, 3.05) is 31.1 Å². The third-order valence-electron chi connectivity index (χ3n) is 7.68. The lowest BCUT2D eigenvalue weighted by atomic mass is 10.1. The maximum Gasteiger partial charge on any atom is 0.275 e. The van der Waals surface area contributed by atoms with Crippen LogP contribution in [0.1, 0.15) is 30.0 Å². The standard InChI is InChI=1S/C30H29F2N5O4/c31-21-8-9-24(23(32)16-21)36-14-12-35(13-15-36)17-19-4-6-20(7-5-19)18-41-26-3-1-2-22-28(26)34-37(30(22)40)25-10-11-27(38)33-29(25)39/h1-9,16,25,34H,10-15,17-18H2,(H,33,38,39). The first kappa shape index (κ1) is 26.7. The van der Waals surface area contributed by atoms with Crippen LogP contribution in [0.15, 0.2) is 65.5 Å². The molecule has 212 valence electrons. The Morgan fingerprint density at radius 1 is 0.902 bits per heavy atom. The number of nitrogens with zero attached hydrogens (tertiary/aromatic N) is 3. The van der Waals surface area contributed by atoms with Crippen molar-refractivity contribution in [1.82, 2.24) is 20.0 Å². The summed E-state index contributed by atoms with van der Waals surface area (Å²) in [5.74, 6) is -1.46. The molecule has 1 aromatic heterocycles. The molecule has 0 bridgehead atoms. The molecule has 2 fully saturated rings. The molecule has 2 aliphatic rings. The Morgan fingerprint density at radius 3 is 2.39 bits per heavy atom. The van der Waals surface area contributed by atoms with Gasteiger partial charge < -0.3 is 9.64 Å². The number of anilines is 1. The quantitative estimate of drug-likeness (QED) is 0.335. The van der Waals surface area contributed by atoms with Crippen LogP contribution in [0.2, 0.25) is 0 Å². The SMILES string of the molecule is O=C1CCC(n2[nH]c3c(OCc4ccc(CN5CCN(c6ccc(F)cc6F)CC5)cc4)cccc3c2=O)C(=O)N1. The Bertz CT molecular complexity index is 1660. The predicted molar refractivity (Wildman–Crippen MR) is 149 cm³/mol. The highest BCUT2D eigenvalue weighted by molar-refractivity contribution is 5.99. The molecule has 11 heteroatoms. The van der Waals surface area contributed by atoms with Gasteiger partial charge in [-0.25, -0.2) is 13.5 Å². The van der Waals surface area contributed by atoms with Gasteiger partial charge in [-0.2, -0.15) is 0 Å². The topological polar surface area (TPSA) is 99.7 Å². The van der Waals surface area contributed by atoms with Crippen LogP contribution in [0.25, 0.3) is 10.9 Å². The number of carbonyl (C=O) groups is 2. The molecule has 6 rings (SSSR count). The van der Waals surface area contributed by atoms with E-state index in [0.717, 1.165) is 36.8 Å². The number of aromatic nitrogens is 2. The van der Waals surface area contributed by atoms with Crippen molar-refractivity contribution in [2.24, 2.45) is 0 Å². The summed E-state index contributed by atoms with van der Waals surface area (Å²) in [5.41, 5.74) is 2.69. The van der Waals surface area contributed by atoms with Crippen LogP contribution in [0.3, 0.4) is 0 Å². The second-order valence-electron chi connectivity index (χ2n) is 10.4. The third kappa shape index (κ3) is 5.58. The average Bonchev–Trinajstić information content (AvgIpc) is 3.30. The van der Waals surface area contributed by atoms with Gasteiger partial charge in [0.1, 0.15) is 35.5 Å². The number of fused-ring (bicyclic) bond motifs is 1. The number of benzene rings is 3. The average molecular weight is 562 g/mol. The van der Waals surface area contributed by atoms with Gasteiger partial charge in [-0.1, -0.05) is 30.3 Å². The zero-order chi connectivity index (χ0) is 28.5. The molecular weight excluding hydrogens is 532 g/mol. The summed E-state index contributed by atoms with van der Waals surface area (Å²) in [4.78, 5) is 41.0. The summed E-state index contributed by atoms with van der Waals surface area (Å²) in [6.07, 6.45) is 0.423. The Morgan fingerprint density at radius 2 is 1.66 bits per heavy atom. The minimum absolute atomic E-state index is 0.170. The number of para-hydroxylation sites is 1. The number of H-pyrrole nitrogens is 1. The zero-order valence-electron chi connectivity index (χ0n) is 22.2. The highest BCUT2D eigenvalue weighted by Crippen LogP contribution is 2.26. The fourth-order valence-corrected chi connectivity index (χ4v) is 5.44. The van der Waals surface area contributed by atoms with Crippen molar-refractivity contribution in [1.29, 1.82) is 0 Å². The van der Waals surface area contributed by atoms with E-state index < -0.39 is 23.6 Å². The van der Waals surface area contributed by atoms with Crippen molar-refractivity contribution in [2.45, 2.75) is 32.0 Å². The van der Waals surface area contributed by atoms with Gasteiger partial charge in [-0.15, -0.1) is 0 Å². The van der Waals surface area contributed by atoms with Crippen molar-refractivity contribution in [3.05, 3.63) is 93.8 Å². The number of piperidine rings is 1. The molecule has 41 heavy (non-hydrogen) atoms. The van der Waals surface area contributed by atoms with Gasteiger partial charge in [0.25, 0.3) is 11.5 Å². The molecule has 4 aromatic rings. The molecule has 1 atom stereocenters. The highest BCUT2D eigenvalue weighted by atomic mass is 19.1. The van der Waals surface area contributed by atoms with E-state index in [2.05, 4.69) is 15.3 Å². The minimum Gasteiger partial charge on any atom is -0.487 e. The fraction of sp³-hybridized carbons (Fsp3) is 0.300. The molecular formula is C30H29F2N5O4. The van der Waals surface area contributed by atoms with Gasteiger partial charge >= 0.3 is 0 Å². The van der Waals surface area contributed by atoms with Gasteiger partial charge in [0.05, 0.1) is 11.1 Å². The normalized spacial score (nSPS) is 18.1. The van der Waals surface area contributed by atoms with E-state index in [9.17, 15) is 23.2 Å². The summed E-state index contributed by atoms with van der Waals surface area (Å²) in [5, 5.41) is 5.71. The predicted octanol–water partition coefficient (Wildman–Crippen LogP) is 3.49. The molecule has 2 amide bonds. The molecule has 0 aliphatic carbocycles. The van der Waals surface area contributed by atoms with Gasteiger partial charge in [-0.3, -0.25) is 29.7 Å². The smallest absolute Gasteiger partial charge is 0.275 e. The van der Waals surface area contributed by atoms with Crippen LogP contribution < -0.4 is 20.5 Å². The number of piperazine rings is 1. The van der Waals surface area contributed by atoms with E-state index in [-0.39, 0.29) is 30.9 Å². The first-order valence-electron chi connectivity index (χ1n) is 13.6. The molecule has 0 saturated carbocycles. The lowest BCUT2D eigenvalue weighted by Gasteiger charge is -2.36. The largest absolute Gasteiger partial charge is 0.487 e. The molecule has 1 unspecified atom stereocenters. The molecule has 2 N–H and O–H groups in total. The fourth-order valence-electron chi connectivity index (χ4n) is 5.44. The molecule has 3 aromatic carbocycles. The summed E-state index contributed by atoms with van der Waals surface area (Å²) >= 11 is 0. The van der Waals surface area contributed by atoms with E-state index in [0.29, 0.717) is 35.4 Å². The lowest BCUT2D eigenvalue weighted by molar-refractivity contribution is -0.136. The third-order valence-corrected chi connectivity index (χ3v) is 7.68. The van der Waals surface area contributed by atoms with Gasteiger partial charge in [-0.05, 0) is 41.8 Å². The number of ether oxygens (including phenoxy) is 1. The summed E-state index contributed by atoms with van der Waals surface area (Å²) < 4.78 is 34.7. The van der Waals surface area contributed by atoms with Crippen LogP contribution in [0.4, 0.5) is 14.5 Å². The monoisotopic (exact) mass is 561 g/mol. The molecule has 0 radical (unpaired) electrons. The maximum atomic E-state index is 14.1. The second-order valence-corrected chi connectivity index (χ2v) is 10.4. The van der Waals surface area contributed by atoms with E-state index in [4.69, 9.17) is 4.74 Å². The number of hydrogen-bond donors (Lipinski definition) is 2. The number of halogens is 2. The van der Waals surface area contributed by atoms with Crippen molar-refractivity contribution < 1.29 is 23.1 Å². The van der Waals surface area contributed by atoms with Crippen molar-refractivity contribution in [3.63, 3.8) is 0 Å². The summed E-state index contributed by atoms with van der Waals surface area (Å²) in [6.45, 7) is 3.90. The number of carbonyl (C=O) groups excluding carboxylic acids is 2. The minimum atomic E-state index is -0.778.